The molecule has 0 unspecified atom stereocenters. The van der Waals surface area contributed by atoms with E-state index < -0.39 is 34.6 Å². The van der Waals surface area contributed by atoms with E-state index >= 15 is 0 Å². The van der Waals surface area contributed by atoms with Crippen molar-refractivity contribution in [3.8, 4) is 0 Å². The molecule has 1 aromatic carbocycles. The van der Waals surface area contributed by atoms with Gasteiger partial charge in [0.05, 0.1) is 9.80 Å². The number of amides is 1. The number of nitrogens with zero attached hydrogens (tertiary/aromatic N) is 1. The fourth-order valence-corrected chi connectivity index (χ4v) is 4.27. The number of ether oxygens (including phenoxy) is 1. The Morgan fingerprint density at radius 3 is 2.74 bits per heavy atom. The van der Waals surface area contributed by atoms with Crippen LogP contribution in [0.25, 0.3) is 6.08 Å². The van der Waals surface area contributed by atoms with E-state index in [4.69, 9.17) is 4.74 Å². The Bertz CT molecular complexity index is 802. The number of rotatable bonds is 3. The summed E-state index contributed by atoms with van der Waals surface area (Å²) in [6, 6.07) is 3.74. The van der Waals surface area contributed by atoms with Gasteiger partial charge < -0.3 is 4.74 Å². The van der Waals surface area contributed by atoms with Crippen LogP contribution in [-0.4, -0.2) is 44.6 Å². The van der Waals surface area contributed by atoms with Crippen molar-refractivity contribution in [3.63, 3.8) is 0 Å². The summed E-state index contributed by atoms with van der Waals surface area (Å²) in [5, 5.41) is 0. The van der Waals surface area contributed by atoms with Crippen molar-refractivity contribution < 1.29 is 27.1 Å². The van der Waals surface area contributed by atoms with Crippen LogP contribution in [0.3, 0.4) is 0 Å². The SMILES string of the molecule is O=C(F)[C@@H]1CCCN1C(=O)OCC1=Cc2ccccc2S1(=O)=O. The lowest BCUT2D eigenvalue weighted by Gasteiger charge is -2.20. The Labute approximate surface area is 132 Å². The Morgan fingerprint density at radius 2 is 2.04 bits per heavy atom. The van der Waals surface area contributed by atoms with Gasteiger partial charge in [-0.25, -0.2) is 13.2 Å². The monoisotopic (exact) mass is 339 g/mol. The van der Waals surface area contributed by atoms with Crippen molar-refractivity contribution in [2.75, 3.05) is 13.2 Å². The molecule has 0 radical (unpaired) electrons. The van der Waals surface area contributed by atoms with Gasteiger partial charge in [0, 0.05) is 6.54 Å². The van der Waals surface area contributed by atoms with Crippen LogP contribution in [0.4, 0.5) is 9.18 Å². The predicted octanol–water partition coefficient (Wildman–Crippen LogP) is 1.91. The average molecular weight is 339 g/mol. The third kappa shape index (κ3) is 2.74. The molecule has 122 valence electrons. The van der Waals surface area contributed by atoms with E-state index in [1.807, 2.05) is 0 Å². The van der Waals surface area contributed by atoms with Crippen LogP contribution < -0.4 is 0 Å². The van der Waals surface area contributed by atoms with Crippen LogP contribution in [0.2, 0.25) is 0 Å². The molecule has 2 heterocycles. The first-order valence-corrected chi connectivity index (χ1v) is 8.57. The molecule has 1 atom stereocenters. The number of carbonyl (C=O) groups excluding carboxylic acids is 2. The normalized spacial score (nSPS) is 21.7. The third-order valence-corrected chi connectivity index (χ3v) is 5.83. The number of hydrogen-bond acceptors (Lipinski definition) is 5. The first-order valence-electron chi connectivity index (χ1n) is 7.08. The summed E-state index contributed by atoms with van der Waals surface area (Å²) in [4.78, 5) is 23.9. The molecular weight excluding hydrogens is 325 g/mol. The van der Waals surface area contributed by atoms with Gasteiger partial charge in [0.1, 0.15) is 12.6 Å². The molecule has 6 nitrogen and oxygen atoms in total. The Hall–Kier alpha value is -2.22. The number of carbonyl (C=O) groups is 2. The smallest absolute Gasteiger partial charge is 0.410 e. The number of benzene rings is 1. The fraction of sp³-hybridized carbons (Fsp3) is 0.333. The van der Waals surface area contributed by atoms with Crippen LogP contribution in [0.5, 0.6) is 0 Å². The summed E-state index contributed by atoms with van der Waals surface area (Å²) in [7, 11) is -3.67. The molecule has 0 N–H and O–H groups in total. The average Bonchev–Trinajstić information content (AvgIpc) is 3.09. The predicted molar refractivity (Wildman–Crippen MR) is 78.8 cm³/mol. The van der Waals surface area contributed by atoms with Crippen molar-refractivity contribution in [3.05, 3.63) is 34.7 Å². The van der Waals surface area contributed by atoms with Gasteiger partial charge in [0.25, 0.3) is 0 Å². The van der Waals surface area contributed by atoms with Gasteiger partial charge in [-0.3, -0.25) is 9.69 Å². The van der Waals surface area contributed by atoms with Crippen LogP contribution >= 0.6 is 0 Å². The van der Waals surface area contributed by atoms with Gasteiger partial charge >= 0.3 is 12.1 Å². The zero-order valence-corrected chi connectivity index (χ0v) is 12.9. The minimum atomic E-state index is -3.67. The minimum Gasteiger partial charge on any atom is -0.444 e. The van der Waals surface area contributed by atoms with Gasteiger partial charge in [0.15, 0.2) is 0 Å². The molecule has 23 heavy (non-hydrogen) atoms. The van der Waals surface area contributed by atoms with E-state index in [0.29, 0.717) is 12.0 Å². The topological polar surface area (TPSA) is 80.8 Å². The molecule has 8 heteroatoms. The summed E-state index contributed by atoms with van der Waals surface area (Å²) in [5.41, 5.74) is 0.538. The maximum Gasteiger partial charge on any atom is 0.410 e. The highest BCUT2D eigenvalue weighted by molar-refractivity contribution is 7.95. The van der Waals surface area contributed by atoms with Crippen LogP contribution in [-0.2, 0) is 19.4 Å². The van der Waals surface area contributed by atoms with Gasteiger partial charge in [-0.1, -0.05) is 18.2 Å². The summed E-state index contributed by atoms with van der Waals surface area (Å²) in [5.74, 6) is 0. The van der Waals surface area contributed by atoms with Gasteiger partial charge in [0.2, 0.25) is 9.84 Å². The van der Waals surface area contributed by atoms with Crippen molar-refractivity contribution in [1.82, 2.24) is 4.90 Å². The number of fused-ring (bicyclic) bond motifs is 1. The molecule has 3 rings (SSSR count). The zero-order chi connectivity index (χ0) is 16.6. The molecule has 1 amide bonds. The van der Waals surface area contributed by atoms with E-state index in [0.717, 1.165) is 4.90 Å². The van der Waals surface area contributed by atoms with Gasteiger partial charge in [-0.2, -0.15) is 4.39 Å². The third-order valence-electron chi connectivity index (χ3n) is 3.96. The summed E-state index contributed by atoms with van der Waals surface area (Å²) >= 11 is 0. The highest BCUT2D eigenvalue weighted by atomic mass is 32.2. The lowest BCUT2D eigenvalue weighted by atomic mass is 10.2. The molecule has 2 aliphatic heterocycles. The lowest BCUT2D eigenvalue weighted by Crippen LogP contribution is -2.39. The summed E-state index contributed by atoms with van der Waals surface area (Å²) in [6.07, 6.45) is 1.31. The van der Waals surface area contributed by atoms with Crippen molar-refractivity contribution >= 4 is 28.0 Å². The highest BCUT2D eigenvalue weighted by Crippen LogP contribution is 2.32. The fourth-order valence-electron chi connectivity index (χ4n) is 2.79. The quantitative estimate of drug-likeness (QED) is 0.786. The Morgan fingerprint density at radius 1 is 1.30 bits per heavy atom. The van der Waals surface area contributed by atoms with Crippen LogP contribution in [0.15, 0.2) is 34.1 Å². The second-order valence-electron chi connectivity index (χ2n) is 5.36. The first-order chi connectivity index (χ1) is 10.9. The standard InChI is InChI=1S/C15H14FNO5S/c16-14(18)12-5-3-7-17(12)15(19)22-9-11-8-10-4-1-2-6-13(10)23(11,20)21/h1-2,4,6,8,12H,3,5,7,9H2/t12-/m0/s1. The molecule has 1 saturated heterocycles. The van der Waals surface area contributed by atoms with Crippen LogP contribution in [0, 0.1) is 0 Å². The molecule has 1 aromatic rings. The summed E-state index contributed by atoms with van der Waals surface area (Å²) in [6.45, 7) is -0.231. The second kappa shape index (κ2) is 5.77. The molecule has 2 aliphatic rings. The van der Waals surface area contributed by atoms with Crippen molar-refractivity contribution in [2.24, 2.45) is 0 Å². The van der Waals surface area contributed by atoms with E-state index in [1.54, 1.807) is 18.2 Å². The number of likely N-dealkylation sites (tertiary alicyclic amines) is 1. The van der Waals surface area contributed by atoms with Gasteiger partial charge in [-0.15, -0.1) is 0 Å². The summed E-state index contributed by atoms with van der Waals surface area (Å²) < 4.78 is 42.4. The maximum absolute atomic E-state index is 12.9. The number of halogens is 1. The van der Waals surface area contributed by atoms with Crippen LogP contribution in [0.1, 0.15) is 18.4 Å². The van der Waals surface area contributed by atoms with E-state index in [-0.39, 0.29) is 22.8 Å². The molecule has 1 fully saturated rings. The molecular formula is C15H14FNO5S. The number of sulfone groups is 1. The molecule has 0 saturated carbocycles. The minimum absolute atomic E-state index is 0.0330. The second-order valence-corrected chi connectivity index (χ2v) is 7.33. The zero-order valence-electron chi connectivity index (χ0n) is 12.1. The van der Waals surface area contributed by atoms with Gasteiger partial charge in [-0.05, 0) is 30.5 Å². The first kappa shape index (κ1) is 15.7. The van der Waals surface area contributed by atoms with E-state index in [1.165, 1.54) is 12.1 Å². The van der Waals surface area contributed by atoms with E-state index in [2.05, 4.69) is 0 Å². The largest absolute Gasteiger partial charge is 0.444 e. The van der Waals surface area contributed by atoms with E-state index in [9.17, 15) is 22.4 Å². The lowest BCUT2D eigenvalue weighted by molar-refractivity contribution is -0.133. The molecule has 0 bridgehead atoms. The molecule has 0 aromatic heterocycles. The molecule has 0 aliphatic carbocycles. The molecule has 0 spiro atoms. The Balaban J connectivity index is 1.70. The number of hydrogen-bond donors (Lipinski definition) is 0. The Kier molecular flexibility index (Phi) is 3.93. The van der Waals surface area contributed by atoms with Crippen molar-refractivity contribution in [2.45, 2.75) is 23.8 Å². The highest BCUT2D eigenvalue weighted by Gasteiger charge is 2.36. The van der Waals surface area contributed by atoms with Crippen molar-refractivity contribution in [1.29, 1.82) is 0 Å². The maximum atomic E-state index is 12.9.